The van der Waals surface area contributed by atoms with Crippen molar-refractivity contribution in [3.63, 3.8) is 0 Å². The van der Waals surface area contributed by atoms with Gasteiger partial charge in [-0.1, -0.05) is 108 Å². The molecule has 1 atom stereocenters. The Kier molecular flexibility index (Phi) is 11.3. The quantitative estimate of drug-likeness (QED) is 0.167. The highest BCUT2D eigenvalue weighted by atomic mass is 35.5. The van der Waals surface area contributed by atoms with Gasteiger partial charge >= 0.3 is 0 Å². The number of nitrogens with zero attached hydrogens (tertiary/aromatic N) is 2. The Morgan fingerprint density at radius 2 is 1.38 bits per heavy atom. The van der Waals surface area contributed by atoms with E-state index in [0.29, 0.717) is 21.3 Å². The first-order valence-electron chi connectivity index (χ1n) is 15.8. The summed E-state index contributed by atoms with van der Waals surface area (Å²) in [6.07, 6.45) is 3.99. The van der Waals surface area contributed by atoms with Crippen LogP contribution in [0.3, 0.4) is 0 Å². The van der Waals surface area contributed by atoms with Crippen LogP contribution in [0.5, 0.6) is 0 Å². The van der Waals surface area contributed by atoms with E-state index in [1.807, 2.05) is 44.2 Å². The molecule has 0 spiro atoms. The summed E-state index contributed by atoms with van der Waals surface area (Å²) in [7, 11) is -4.19. The second kappa shape index (κ2) is 15.4. The predicted molar refractivity (Wildman–Crippen MR) is 188 cm³/mol. The first kappa shape index (κ1) is 34.5. The fraction of sp³-hybridized carbons (Fsp3) is 0.297. The first-order chi connectivity index (χ1) is 22.5. The van der Waals surface area contributed by atoms with Crippen LogP contribution in [0.1, 0.15) is 47.9 Å². The fourth-order valence-electron chi connectivity index (χ4n) is 5.85. The highest BCUT2D eigenvalue weighted by Gasteiger charge is 2.36. The molecule has 0 unspecified atom stereocenters. The molecule has 246 valence electrons. The third-order valence-electron chi connectivity index (χ3n) is 8.57. The summed E-state index contributed by atoms with van der Waals surface area (Å²) in [6.45, 7) is 3.13. The van der Waals surface area contributed by atoms with Gasteiger partial charge in [0.15, 0.2) is 0 Å². The van der Waals surface area contributed by atoms with Crippen LogP contribution in [-0.4, -0.2) is 43.8 Å². The Morgan fingerprint density at radius 3 is 1.98 bits per heavy atom. The third kappa shape index (κ3) is 8.55. The molecule has 4 aromatic carbocycles. The molecular weight excluding hydrogens is 653 g/mol. The van der Waals surface area contributed by atoms with Crippen molar-refractivity contribution in [3.8, 4) is 0 Å². The van der Waals surface area contributed by atoms with Gasteiger partial charge in [0.05, 0.1) is 10.6 Å². The molecule has 1 aliphatic rings. The van der Waals surface area contributed by atoms with Crippen molar-refractivity contribution in [3.05, 3.63) is 129 Å². The maximum atomic E-state index is 14.7. The molecule has 0 radical (unpaired) electrons. The lowest BCUT2D eigenvalue weighted by molar-refractivity contribution is -0.140. The van der Waals surface area contributed by atoms with Crippen LogP contribution in [0.15, 0.2) is 102 Å². The van der Waals surface area contributed by atoms with Gasteiger partial charge in [0.25, 0.3) is 10.0 Å². The standard InChI is InChI=1S/C37H39Cl2N3O4S/c1-26-15-19-30(20-16-26)42(47(45,46)31-21-17-27(2)18-22-31)25-36(43)41(24-32-33(38)13-8-14-34(32)39)35(23-28-9-4-3-5-10-28)37(44)40-29-11-6-7-12-29/h3-5,8-10,13-22,29,35H,6-7,11-12,23-25H2,1-2H3,(H,40,44)/t35-/m1/s1. The van der Waals surface area contributed by atoms with Crippen molar-refractivity contribution >= 4 is 50.7 Å². The monoisotopic (exact) mass is 691 g/mol. The zero-order chi connectivity index (χ0) is 33.6. The molecule has 1 saturated carbocycles. The first-order valence-corrected chi connectivity index (χ1v) is 18.0. The van der Waals surface area contributed by atoms with Gasteiger partial charge in [0, 0.05) is 34.6 Å². The highest BCUT2D eigenvalue weighted by Crippen LogP contribution is 2.29. The van der Waals surface area contributed by atoms with Crippen molar-refractivity contribution in [2.45, 2.75) is 69.5 Å². The van der Waals surface area contributed by atoms with Gasteiger partial charge in [-0.3, -0.25) is 13.9 Å². The van der Waals surface area contributed by atoms with Gasteiger partial charge in [-0.05, 0) is 68.7 Å². The number of carbonyl (C=O) groups excluding carboxylic acids is 2. The summed E-state index contributed by atoms with van der Waals surface area (Å²) < 4.78 is 29.5. The van der Waals surface area contributed by atoms with E-state index in [1.165, 1.54) is 17.0 Å². The number of hydrogen-bond donors (Lipinski definition) is 1. The lowest BCUT2D eigenvalue weighted by Crippen LogP contribution is -2.54. The normalized spacial score (nSPS) is 14.0. The highest BCUT2D eigenvalue weighted by molar-refractivity contribution is 7.92. The average Bonchev–Trinajstić information content (AvgIpc) is 3.57. The van der Waals surface area contributed by atoms with Crippen molar-refractivity contribution < 1.29 is 18.0 Å². The number of aryl methyl sites for hydroxylation is 2. The zero-order valence-corrected chi connectivity index (χ0v) is 28.9. The molecule has 4 aromatic rings. The molecule has 0 aromatic heterocycles. The summed E-state index contributed by atoms with van der Waals surface area (Å²) in [5.74, 6) is -0.875. The average molecular weight is 693 g/mol. The van der Waals surface area contributed by atoms with Crippen LogP contribution in [-0.2, 0) is 32.6 Å². The van der Waals surface area contributed by atoms with Gasteiger partial charge < -0.3 is 10.2 Å². The summed E-state index contributed by atoms with van der Waals surface area (Å²) in [6, 6.07) is 27.0. The van der Waals surface area contributed by atoms with Crippen molar-refractivity contribution in [1.29, 1.82) is 0 Å². The minimum absolute atomic E-state index is 0.00704. The SMILES string of the molecule is Cc1ccc(N(CC(=O)N(Cc2c(Cl)cccc2Cl)[C@H](Cc2ccccc2)C(=O)NC2CCCC2)S(=O)(=O)c2ccc(C)cc2)cc1. The number of rotatable bonds is 12. The minimum Gasteiger partial charge on any atom is -0.352 e. The van der Waals surface area contributed by atoms with E-state index < -0.39 is 28.5 Å². The molecule has 1 aliphatic carbocycles. The number of hydrogen-bond acceptors (Lipinski definition) is 4. The van der Waals surface area contributed by atoms with E-state index >= 15 is 0 Å². The molecule has 7 nitrogen and oxygen atoms in total. The van der Waals surface area contributed by atoms with Gasteiger partial charge in [0.1, 0.15) is 12.6 Å². The predicted octanol–water partition coefficient (Wildman–Crippen LogP) is 7.50. The number of amides is 2. The summed E-state index contributed by atoms with van der Waals surface area (Å²) >= 11 is 13.2. The van der Waals surface area contributed by atoms with Crippen LogP contribution < -0.4 is 9.62 Å². The molecular formula is C37H39Cl2N3O4S. The maximum Gasteiger partial charge on any atom is 0.264 e. The van der Waals surface area contributed by atoms with E-state index in [1.54, 1.807) is 54.6 Å². The Bertz CT molecular complexity index is 1770. The molecule has 1 N–H and O–H groups in total. The van der Waals surface area contributed by atoms with Crippen LogP contribution >= 0.6 is 23.2 Å². The summed E-state index contributed by atoms with van der Waals surface area (Å²) in [5.41, 5.74) is 3.50. The van der Waals surface area contributed by atoms with Crippen molar-refractivity contribution in [1.82, 2.24) is 10.2 Å². The Balaban J connectivity index is 1.59. The van der Waals surface area contributed by atoms with Crippen LogP contribution in [0.25, 0.3) is 0 Å². The molecule has 0 heterocycles. The largest absolute Gasteiger partial charge is 0.352 e. The number of nitrogens with one attached hydrogen (secondary N) is 1. The minimum atomic E-state index is -4.19. The summed E-state index contributed by atoms with van der Waals surface area (Å²) in [5, 5.41) is 3.85. The van der Waals surface area contributed by atoms with Gasteiger partial charge in [-0.25, -0.2) is 8.42 Å². The number of anilines is 1. The lowest BCUT2D eigenvalue weighted by atomic mass is 10.0. The Labute approximate surface area is 287 Å². The number of carbonyl (C=O) groups is 2. The third-order valence-corrected chi connectivity index (χ3v) is 11.1. The molecule has 0 bridgehead atoms. The molecule has 47 heavy (non-hydrogen) atoms. The molecule has 0 aliphatic heterocycles. The zero-order valence-electron chi connectivity index (χ0n) is 26.5. The fourth-order valence-corrected chi connectivity index (χ4v) is 7.78. The number of sulfonamides is 1. The molecule has 10 heteroatoms. The van der Waals surface area contributed by atoms with E-state index in [-0.39, 0.29) is 29.8 Å². The van der Waals surface area contributed by atoms with Gasteiger partial charge in [0.2, 0.25) is 11.8 Å². The Hall–Kier alpha value is -3.85. The lowest BCUT2D eigenvalue weighted by Gasteiger charge is -2.34. The van der Waals surface area contributed by atoms with E-state index in [2.05, 4.69) is 5.32 Å². The Morgan fingerprint density at radius 1 is 0.809 bits per heavy atom. The van der Waals surface area contributed by atoms with Gasteiger partial charge in [-0.2, -0.15) is 0 Å². The topological polar surface area (TPSA) is 86.8 Å². The number of halogens is 2. The van der Waals surface area contributed by atoms with E-state index in [9.17, 15) is 18.0 Å². The molecule has 0 saturated heterocycles. The maximum absolute atomic E-state index is 14.7. The van der Waals surface area contributed by atoms with Gasteiger partial charge in [-0.15, -0.1) is 0 Å². The molecule has 1 fully saturated rings. The second-order valence-corrected chi connectivity index (χ2v) is 14.8. The van der Waals surface area contributed by atoms with Crippen molar-refractivity contribution in [2.24, 2.45) is 0 Å². The van der Waals surface area contributed by atoms with E-state index in [0.717, 1.165) is 46.7 Å². The molecule has 2 amide bonds. The van der Waals surface area contributed by atoms with Crippen LogP contribution in [0, 0.1) is 13.8 Å². The summed E-state index contributed by atoms with van der Waals surface area (Å²) in [4.78, 5) is 30.3. The molecule has 5 rings (SSSR count). The van der Waals surface area contributed by atoms with Crippen LogP contribution in [0.2, 0.25) is 10.0 Å². The van der Waals surface area contributed by atoms with E-state index in [4.69, 9.17) is 23.2 Å². The second-order valence-electron chi connectivity index (χ2n) is 12.1. The number of benzene rings is 4. The smallest absolute Gasteiger partial charge is 0.264 e. The van der Waals surface area contributed by atoms with Crippen LogP contribution in [0.4, 0.5) is 5.69 Å². The van der Waals surface area contributed by atoms with Crippen molar-refractivity contribution in [2.75, 3.05) is 10.8 Å².